The van der Waals surface area contributed by atoms with Crippen LogP contribution in [0.15, 0.2) is 66.7 Å². The standard InChI is InChI=1S/C28H32N2O4/c1-5-30(6-2)17-18-34-27-19-25(15-16-26(27)33-4)29-28(32)24-13-11-23(12-14-24)22-9-7-21(8-10-22)20(3)31/h7-16,19H,5-6,17-18H2,1-4H3,(H,29,32). The zero-order valence-electron chi connectivity index (χ0n) is 20.3. The van der Waals surface area contributed by atoms with Crippen LogP contribution in [0.4, 0.5) is 5.69 Å². The Balaban J connectivity index is 1.67. The maximum Gasteiger partial charge on any atom is 0.255 e. The average molecular weight is 461 g/mol. The lowest BCUT2D eigenvalue weighted by Gasteiger charge is -2.19. The SMILES string of the molecule is CCN(CC)CCOc1cc(NC(=O)c2ccc(-c3ccc(C(C)=O)cc3)cc2)ccc1OC. The van der Waals surface area contributed by atoms with E-state index in [4.69, 9.17) is 9.47 Å². The summed E-state index contributed by atoms with van der Waals surface area (Å²) in [6, 6.07) is 20.2. The predicted octanol–water partition coefficient (Wildman–Crippen LogP) is 5.54. The minimum atomic E-state index is -0.210. The molecule has 6 heteroatoms. The second-order valence-corrected chi connectivity index (χ2v) is 7.91. The molecule has 3 aromatic carbocycles. The molecular formula is C28H32N2O4. The predicted molar refractivity (Wildman–Crippen MR) is 136 cm³/mol. The maximum atomic E-state index is 12.8. The van der Waals surface area contributed by atoms with Crippen molar-refractivity contribution in [1.82, 2.24) is 4.90 Å². The Labute approximate surface area is 201 Å². The number of anilines is 1. The lowest BCUT2D eigenvalue weighted by atomic mass is 10.0. The molecule has 0 aliphatic heterocycles. The number of carbonyl (C=O) groups is 2. The van der Waals surface area contributed by atoms with Gasteiger partial charge in [0, 0.05) is 29.4 Å². The van der Waals surface area contributed by atoms with Crippen molar-refractivity contribution in [3.8, 4) is 22.6 Å². The van der Waals surface area contributed by atoms with Crippen LogP contribution in [0.2, 0.25) is 0 Å². The smallest absolute Gasteiger partial charge is 0.255 e. The van der Waals surface area contributed by atoms with Crippen LogP contribution in [0, 0.1) is 0 Å². The molecular weight excluding hydrogens is 428 g/mol. The van der Waals surface area contributed by atoms with E-state index in [1.165, 1.54) is 0 Å². The van der Waals surface area contributed by atoms with Crippen LogP contribution >= 0.6 is 0 Å². The number of hydrogen-bond acceptors (Lipinski definition) is 5. The zero-order chi connectivity index (χ0) is 24.5. The van der Waals surface area contributed by atoms with Crippen LogP contribution in [0.25, 0.3) is 11.1 Å². The summed E-state index contributed by atoms with van der Waals surface area (Å²) in [7, 11) is 1.60. The molecule has 0 unspecified atom stereocenters. The van der Waals surface area contributed by atoms with Gasteiger partial charge in [0.25, 0.3) is 5.91 Å². The van der Waals surface area contributed by atoms with Gasteiger partial charge in [-0.3, -0.25) is 9.59 Å². The minimum absolute atomic E-state index is 0.0366. The van der Waals surface area contributed by atoms with Crippen molar-refractivity contribution in [3.05, 3.63) is 77.9 Å². The number of likely N-dealkylation sites (N-methyl/N-ethyl adjacent to an activating group) is 1. The van der Waals surface area contributed by atoms with Gasteiger partial charge in [0.2, 0.25) is 0 Å². The molecule has 34 heavy (non-hydrogen) atoms. The third-order valence-electron chi connectivity index (χ3n) is 5.75. The van der Waals surface area contributed by atoms with E-state index in [1.54, 1.807) is 44.4 Å². The van der Waals surface area contributed by atoms with E-state index in [0.717, 1.165) is 30.8 Å². The van der Waals surface area contributed by atoms with E-state index < -0.39 is 0 Å². The normalized spacial score (nSPS) is 10.7. The Hall–Kier alpha value is -3.64. The van der Waals surface area contributed by atoms with Crippen molar-refractivity contribution >= 4 is 17.4 Å². The summed E-state index contributed by atoms with van der Waals surface area (Å²) in [6.45, 7) is 9.08. The molecule has 0 radical (unpaired) electrons. The van der Waals surface area contributed by atoms with Crippen molar-refractivity contribution < 1.29 is 19.1 Å². The van der Waals surface area contributed by atoms with Gasteiger partial charge in [-0.25, -0.2) is 0 Å². The number of rotatable bonds is 11. The Kier molecular flexibility index (Phi) is 8.82. The molecule has 3 aromatic rings. The Bertz CT molecular complexity index is 1100. The first-order valence-electron chi connectivity index (χ1n) is 11.5. The molecule has 1 N–H and O–H groups in total. The number of nitrogens with one attached hydrogen (secondary N) is 1. The van der Waals surface area contributed by atoms with Crippen molar-refractivity contribution in [2.24, 2.45) is 0 Å². The average Bonchev–Trinajstić information content (AvgIpc) is 2.87. The van der Waals surface area contributed by atoms with Gasteiger partial charge in [-0.2, -0.15) is 0 Å². The van der Waals surface area contributed by atoms with Crippen molar-refractivity contribution in [2.45, 2.75) is 20.8 Å². The van der Waals surface area contributed by atoms with E-state index in [-0.39, 0.29) is 11.7 Å². The van der Waals surface area contributed by atoms with Gasteiger partial charge >= 0.3 is 0 Å². The Morgan fingerprint density at radius 2 is 1.41 bits per heavy atom. The summed E-state index contributed by atoms with van der Waals surface area (Å²) < 4.78 is 11.3. The highest BCUT2D eigenvalue weighted by molar-refractivity contribution is 6.04. The van der Waals surface area contributed by atoms with Gasteiger partial charge in [0.05, 0.1) is 7.11 Å². The van der Waals surface area contributed by atoms with Crippen molar-refractivity contribution in [1.29, 1.82) is 0 Å². The van der Waals surface area contributed by atoms with Crippen LogP contribution in [-0.2, 0) is 0 Å². The zero-order valence-corrected chi connectivity index (χ0v) is 20.3. The van der Waals surface area contributed by atoms with Crippen molar-refractivity contribution in [2.75, 3.05) is 38.7 Å². The molecule has 0 atom stereocenters. The molecule has 0 heterocycles. The second-order valence-electron chi connectivity index (χ2n) is 7.91. The summed E-state index contributed by atoms with van der Waals surface area (Å²) in [6.07, 6.45) is 0. The third kappa shape index (κ3) is 6.45. The molecule has 0 bridgehead atoms. The minimum Gasteiger partial charge on any atom is -0.493 e. The molecule has 3 rings (SSSR count). The fraction of sp³-hybridized carbons (Fsp3) is 0.286. The number of hydrogen-bond donors (Lipinski definition) is 1. The molecule has 0 saturated carbocycles. The highest BCUT2D eigenvalue weighted by Gasteiger charge is 2.11. The van der Waals surface area contributed by atoms with Crippen LogP contribution in [0.1, 0.15) is 41.5 Å². The van der Waals surface area contributed by atoms with Gasteiger partial charge in [0.15, 0.2) is 17.3 Å². The van der Waals surface area contributed by atoms with E-state index in [2.05, 4.69) is 24.1 Å². The summed E-state index contributed by atoms with van der Waals surface area (Å²) in [4.78, 5) is 26.5. The van der Waals surface area contributed by atoms with E-state index in [9.17, 15) is 9.59 Å². The highest BCUT2D eigenvalue weighted by Crippen LogP contribution is 2.30. The number of ketones is 1. The van der Waals surface area contributed by atoms with Crippen LogP contribution in [0.3, 0.4) is 0 Å². The quantitative estimate of drug-likeness (QED) is 0.381. The molecule has 6 nitrogen and oxygen atoms in total. The summed E-state index contributed by atoms with van der Waals surface area (Å²) in [5, 5.41) is 2.93. The number of nitrogens with zero attached hydrogens (tertiary/aromatic N) is 1. The molecule has 0 spiro atoms. The highest BCUT2D eigenvalue weighted by atomic mass is 16.5. The number of amides is 1. The molecule has 0 fully saturated rings. The Morgan fingerprint density at radius 3 is 1.94 bits per heavy atom. The molecule has 0 aromatic heterocycles. The fourth-order valence-corrected chi connectivity index (χ4v) is 3.61. The molecule has 0 aliphatic rings. The lowest BCUT2D eigenvalue weighted by Crippen LogP contribution is -2.28. The van der Waals surface area contributed by atoms with Gasteiger partial charge < -0.3 is 19.7 Å². The fourth-order valence-electron chi connectivity index (χ4n) is 3.61. The maximum absolute atomic E-state index is 12.8. The first kappa shape index (κ1) is 25.0. The summed E-state index contributed by atoms with van der Waals surface area (Å²) >= 11 is 0. The number of Topliss-reactive ketones (excluding diaryl/α,β-unsaturated/α-hetero) is 1. The molecule has 178 valence electrons. The van der Waals surface area contributed by atoms with Crippen molar-refractivity contribution in [3.63, 3.8) is 0 Å². The first-order chi connectivity index (χ1) is 16.4. The Morgan fingerprint density at radius 1 is 0.824 bits per heavy atom. The van der Waals surface area contributed by atoms with Gasteiger partial charge in [-0.05, 0) is 55.4 Å². The number of methoxy groups -OCH3 is 1. The topological polar surface area (TPSA) is 67.9 Å². The van der Waals surface area contributed by atoms with Gasteiger partial charge in [-0.15, -0.1) is 0 Å². The van der Waals surface area contributed by atoms with Gasteiger partial charge in [0.1, 0.15) is 6.61 Å². The van der Waals surface area contributed by atoms with E-state index in [0.29, 0.717) is 34.9 Å². The number of carbonyl (C=O) groups excluding carboxylic acids is 2. The van der Waals surface area contributed by atoms with Gasteiger partial charge in [-0.1, -0.05) is 50.2 Å². The number of ether oxygens (including phenoxy) is 2. The van der Waals surface area contributed by atoms with Crippen LogP contribution in [-0.4, -0.2) is 49.9 Å². The second kappa shape index (κ2) is 12.0. The molecule has 0 aliphatic carbocycles. The van der Waals surface area contributed by atoms with Crippen LogP contribution in [0.5, 0.6) is 11.5 Å². The molecule has 0 saturated heterocycles. The molecule has 1 amide bonds. The van der Waals surface area contributed by atoms with E-state index in [1.807, 2.05) is 36.4 Å². The number of benzene rings is 3. The largest absolute Gasteiger partial charge is 0.493 e. The van der Waals surface area contributed by atoms with Crippen LogP contribution < -0.4 is 14.8 Å². The van der Waals surface area contributed by atoms with E-state index >= 15 is 0 Å². The summed E-state index contributed by atoms with van der Waals surface area (Å²) in [5.41, 5.74) is 3.81. The first-order valence-corrected chi connectivity index (χ1v) is 11.5. The lowest BCUT2D eigenvalue weighted by molar-refractivity contribution is 0.101. The monoisotopic (exact) mass is 460 g/mol. The summed E-state index contributed by atoms with van der Waals surface area (Å²) in [5.74, 6) is 1.04. The third-order valence-corrected chi connectivity index (χ3v) is 5.75.